The Balaban J connectivity index is 1.82. The molecular weight excluding hydrogens is 248 g/mol. The summed E-state index contributed by atoms with van der Waals surface area (Å²) in [7, 11) is 0. The molecule has 1 unspecified atom stereocenters. The molecule has 2 amide bonds. The number of nitrogens with zero attached hydrogens (tertiary/aromatic N) is 3. The van der Waals surface area contributed by atoms with Crippen LogP contribution in [0.25, 0.3) is 0 Å². The van der Waals surface area contributed by atoms with Crippen LogP contribution in [0.2, 0.25) is 0 Å². The molecule has 0 aromatic heterocycles. The highest BCUT2D eigenvalue weighted by molar-refractivity contribution is 6.35. The molecule has 0 aromatic carbocycles. The Morgan fingerprint density at radius 1 is 1.32 bits per heavy atom. The summed E-state index contributed by atoms with van der Waals surface area (Å²) >= 11 is 0. The highest BCUT2D eigenvalue weighted by Gasteiger charge is 2.33. The fraction of sp³-hybridized carbons (Fsp3) is 0.750. The first kappa shape index (κ1) is 13.8. The Labute approximate surface area is 112 Å². The third kappa shape index (κ3) is 3.43. The van der Waals surface area contributed by atoms with E-state index in [1.54, 1.807) is 11.0 Å². The molecular formula is C12H18N4O3. The average Bonchev–Trinajstić information content (AvgIpc) is 2.94. The number of hydrogen-bond donors (Lipinski definition) is 1. The Kier molecular flexibility index (Phi) is 4.71. The van der Waals surface area contributed by atoms with E-state index in [2.05, 4.69) is 10.2 Å². The van der Waals surface area contributed by atoms with Crippen LogP contribution in [0.3, 0.4) is 0 Å². The Morgan fingerprint density at radius 2 is 2.05 bits per heavy atom. The smallest absolute Gasteiger partial charge is 0.311 e. The molecule has 0 saturated carbocycles. The molecule has 2 fully saturated rings. The van der Waals surface area contributed by atoms with E-state index in [4.69, 9.17) is 10.00 Å². The summed E-state index contributed by atoms with van der Waals surface area (Å²) in [6.45, 7) is 4.27. The fourth-order valence-electron chi connectivity index (χ4n) is 2.51. The van der Waals surface area contributed by atoms with Crippen LogP contribution in [0.4, 0.5) is 0 Å². The number of ether oxygens (including phenoxy) is 1. The van der Waals surface area contributed by atoms with Gasteiger partial charge in [0.25, 0.3) is 0 Å². The third-order valence-corrected chi connectivity index (χ3v) is 3.53. The summed E-state index contributed by atoms with van der Waals surface area (Å²) in [4.78, 5) is 27.2. The zero-order chi connectivity index (χ0) is 13.7. The Morgan fingerprint density at radius 3 is 2.74 bits per heavy atom. The summed E-state index contributed by atoms with van der Waals surface area (Å²) in [5.41, 5.74) is 0. The lowest BCUT2D eigenvalue weighted by Gasteiger charge is -2.31. The van der Waals surface area contributed by atoms with Crippen LogP contribution in [-0.4, -0.2) is 73.6 Å². The summed E-state index contributed by atoms with van der Waals surface area (Å²) in [6.07, 6.45) is 0.886. The van der Waals surface area contributed by atoms with Gasteiger partial charge in [0.15, 0.2) is 0 Å². The highest BCUT2D eigenvalue weighted by Crippen LogP contribution is 2.16. The third-order valence-electron chi connectivity index (χ3n) is 3.53. The zero-order valence-corrected chi connectivity index (χ0v) is 10.8. The molecule has 0 aliphatic carbocycles. The molecule has 1 N–H and O–H groups in total. The van der Waals surface area contributed by atoms with Gasteiger partial charge in [-0.25, -0.2) is 0 Å². The molecule has 0 bridgehead atoms. The normalized spacial score (nSPS) is 23.9. The topological polar surface area (TPSA) is 85.7 Å². The first-order valence-electron chi connectivity index (χ1n) is 6.48. The minimum Gasteiger partial charge on any atom is -0.379 e. The lowest BCUT2D eigenvalue weighted by Crippen LogP contribution is -2.47. The number of carbonyl (C=O) groups is 2. The average molecular weight is 266 g/mol. The van der Waals surface area contributed by atoms with Crippen molar-refractivity contribution in [2.75, 3.05) is 45.9 Å². The van der Waals surface area contributed by atoms with Gasteiger partial charge in [0.2, 0.25) is 0 Å². The Bertz CT molecular complexity index is 387. The van der Waals surface area contributed by atoms with E-state index in [0.717, 1.165) is 32.7 Å². The van der Waals surface area contributed by atoms with Crippen molar-refractivity contribution in [3.8, 4) is 6.07 Å². The SMILES string of the molecule is N#CCNC(=O)C(=O)N1CCC(N2CCOCC2)C1. The van der Waals surface area contributed by atoms with E-state index in [0.29, 0.717) is 19.1 Å². The number of nitriles is 1. The van der Waals surface area contributed by atoms with Gasteiger partial charge in [-0.2, -0.15) is 5.26 Å². The molecule has 1 atom stereocenters. The van der Waals surface area contributed by atoms with E-state index >= 15 is 0 Å². The number of likely N-dealkylation sites (tertiary alicyclic amines) is 1. The maximum Gasteiger partial charge on any atom is 0.311 e. The largest absolute Gasteiger partial charge is 0.379 e. The standard InChI is InChI=1S/C12H18N4O3/c13-2-3-14-11(17)12(18)16-4-1-10(9-16)15-5-7-19-8-6-15/h10H,1,3-9H2,(H,14,17). The molecule has 0 aromatic rings. The van der Waals surface area contributed by atoms with Crippen molar-refractivity contribution in [3.05, 3.63) is 0 Å². The first-order valence-corrected chi connectivity index (χ1v) is 6.48. The van der Waals surface area contributed by atoms with E-state index < -0.39 is 11.8 Å². The van der Waals surface area contributed by atoms with Crippen molar-refractivity contribution in [1.29, 1.82) is 5.26 Å². The second-order valence-corrected chi connectivity index (χ2v) is 4.68. The predicted molar refractivity (Wildman–Crippen MR) is 66.0 cm³/mol. The van der Waals surface area contributed by atoms with Crippen LogP contribution < -0.4 is 5.32 Å². The van der Waals surface area contributed by atoms with Crippen LogP contribution >= 0.6 is 0 Å². The quantitative estimate of drug-likeness (QED) is 0.488. The van der Waals surface area contributed by atoms with Crippen LogP contribution in [0, 0.1) is 11.3 Å². The number of nitrogens with one attached hydrogen (secondary N) is 1. The summed E-state index contributed by atoms with van der Waals surface area (Å²) < 4.78 is 5.30. The number of morpholine rings is 1. The first-order chi connectivity index (χ1) is 9.22. The molecule has 2 heterocycles. The minimum absolute atomic E-state index is 0.134. The van der Waals surface area contributed by atoms with E-state index in [1.165, 1.54) is 0 Å². The zero-order valence-electron chi connectivity index (χ0n) is 10.8. The Hall–Kier alpha value is -1.65. The highest BCUT2D eigenvalue weighted by atomic mass is 16.5. The van der Waals surface area contributed by atoms with Crippen LogP contribution in [0.15, 0.2) is 0 Å². The van der Waals surface area contributed by atoms with E-state index in [-0.39, 0.29) is 6.54 Å². The number of rotatable bonds is 2. The lowest BCUT2D eigenvalue weighted by molar-refractivity contribution is -0.145. The number of carbonyl (C=O) groups excluding carboxylic acids is 2. The molecule has 2 saturated heterocycles. The molecule has 7 heteroatoms. The van der Waals surface area contributed by atoms with Crippen molar-refractivity contribution in [2.45, 2.75) is 12.5 Å². The summed E-state index contributed by atoms with van der Waals surface area (Å²) in [5.74, 6) is -1.23. The van der Waals surface area contributed by atoms with Crippen molar-refractivity contribution >= 4 is 11.8 Å². The van der Waals surface area contributed by atoms with Gasteiger partial charge >= 0.3 is 11.8 Å². The molecule has 2 aliphatic heterocycles. The van der Waals surface area contributed by atoms with Gasteiger partial charge in [0.1, 0.15) is 6.54 Å². The monoisotopic (exact) mass is 266 g/mol. The molecule has 104 valence electrons. The summed E-state index contributed by atoms with van der Waals surface area (Å²) in [5, 5.41) is 10.6. The van der Waals surface area contributed by atoms with Gasteiger partial charge in [-0.3, -0.25) is 14.5 Å². The number of amides is 2. The lowest BCUT2D eigenvalue weighted by atomic mass is 10.2. The van der Waals surface area contributed by atoms with Gasteiger partial charge in [-0.1, -0.05) is 0 Å². The minimum atomic E-state index is -0.691. The second-order valence-electron chi connectivity index (χ2n) is 4.68. The molecule has 0 radical (unpaired) electrons. The fourth-order valence-corrected chi connectivity index (χ4v) is 2.51. The summed E-state index contributed by atoms with van der Waals surface area (Å²) in [6, 6.07) is 2.10. The predicted octanol–water partition coefficient (Wildman–Crippen LogP) is -1.44. The molecule has 0 spiro atoms. The van der Waals surface area contributed by atoms with Crippen molar-refractivity contribution in [3.63, 3.8) is 0 Å². The van der Waals surface area contributed by atoms with E-state index in [9.17, 15) is 9.59 Å². The molecule has 2 aliphatic rings. The molecule has 19 heavy (non-hydrogen) atoms. The van der Waals surface area contributed by atoms with Crippen molar-refractivity contribution < 1.29 is 14.3 Å². The van der Waals surface area contributed by atoms with Gasteiger partial charge in [-0.05, 0) is 6.42 Å². The van der Waals surface area contributed by atoms with Crippen LogP contribution in [0.1, 0.15) is 6.42 Å². The number of hydrogen-bond acceptors (Lipinski definition) is 5. The maximum absolute atomic E-state index is 11.8. The van der Waals surface area contributed by atoms with Crippen LogP contribution in [0.5, 0.6) is 0 Å². The van der Waals surface area contributed by atoms with Gasteiger partial charge in [0.05, 0.1) is 19.3 Å². The molecule has 2 rings (SSSR count). The van der Waals surface area contributed by atoms with Crippen molar-refractivity contribution in [1.82, 2.24) is 15.1 Å². The van der Waals surface area contributed by atoms with Crippen LogP contribution in [-0.2, 0) is 14.3 Å². The maximum atomic E-state index is 11.8. The van der Waals surface area contributed by atoms with Crippen molar-refractivity contribution in [2.24, 2.45) is 0 Å². The molecule has 7 nitrogen and oxygen atoms in total. The van der Waals surface area contributed by atoms with Gasteiger partial charge in [-0.15, -0.1) is 0 Å². The van der Waals surface area contributed by atoms with E-state index in [1.807, 2.05) is 0 Å². The van der Waals surface area contributed by atoms with Gasteiger partial charge < -0.3 is 15.0 Å². The van der Waals surface area contributed by atoms with Gasteiger partial charge in [0, 0.05) is 32.2 Å². The second kappa shape index (κ2) is 6.50.